The third-order valence-corrected chi connectivity index (χ3v) is 4.79. The first-order valence-electron chi connectivity index (χ1n) is 9.28. The minimum atomic E-state index is -0.549. The van der Waals surface area contributed by atoms with Crippen LogP contribution in [-0.4, -0.2) is 17.6 Å². The minimum absolute atomic E-state index is 0.197. The van der Waals surface area contributed by atoms with Gasteiger partial charge in [0.25, 0.3) is 5.91 Å². The highest BCUT2D eigenvalue weighted by Gasteiger charge is 2.15. The second kappa shape index (κ2) is 7.87. The number of aryl methyl sites for hydroxylation is 1. The number of oxazole rings is 1. The molecular formula is C23H19FN2O4. The second-order valence-electron chi connectivity index (χ2n) is 6.92. The first-order chi connectivity index (χ1) is 14.4. The number of hydrogen-bond donors (Lipinski definition) is 1. The molecule has 0 bridgehead atoms. The Morgan fingerprint density at radius 2 is 1.87 bits per heavy atom. The van der Waals surface area contributed by atoms with E-state index in [9.17, 15) is 14.0 Å². The number of hydrogen-bond acceptors (Lipinski definition) is 4. The van der Waals surface area contributed by atoms with Gasteiger partial charge in [-0.05, 0) is 60.5 Å². The molecule has 3 aromatic carbocycles. The Hall–Kier alpha value is -3.87. The predicted molar refractivity (Wildman–Crippen MR) is 112 cm³/mol. The molecule has 0 aliphatic rings. The summed E-state index contributed by atoms with van der Waals surface area (Å²) in [5.41, 5.74) is 3.48. The van der Waals surface area contributed by atoms with Crippen molar-refractivity contribution in [2.45, 2.75) is 13.5 Å². The van der Waals surface area contributed by atoms with Gasteiger partial charge >= 0.3 is 5.76 Å². The molecule has 152 valence electrons. The molecule has 0 aliphatic heterocycles. The lowest BCUT2D eigenvalue weighted by Gasteiger charge is -2.11. The van der Waals surface area contributed by atoms with Gasteiger partial charge in [0.2, 0.25) is 0 Å². The Balaban J connectivity index is 1.67. The van der Waals surface area contributed by atoms with Crippen molar-refractivity contribution in [1.82, 2.24) is 4.57 Å². The number of anilines is 1. The van der Waals surface area contributed by atoms with Crippen molar-refractivity contribution < 1.29 is 18.3 Å². The first kappa shape index (κ1) is 19.4. The average Bonchev–Trinajstić information content (AvgIpc) is 3.04. The number of methoxy groups -OCH3 is 1. The monoisotopic (exact) mass is 406 g/mol. The summed E-state index contributed by atoms with van der Waals surface area (Å²) in [5.74, 6) is -0.699. The molecular weight excluding hydrogens is 387 g/mol. The lowest BCUT2D eigenvalue weighted by Crippen LogP contribution is -2.16. The fraction of sp³-hybridized carbons (Fsp3) is 0.130. The van der Waals surface area contributed by atoms with Crippen molar-refractivity contribution in [3.05, 3.63) is 93.7 Å². The fourth-order valence-corrected chi connectivity index (χ4v) is 3.24. The van der Waals surface area contributed by atoms with E-state index in [1.54, 1.807) is 36.4 Å². The van der Waals surface area contributed by atoms with Crippen LogP contribution in [-0.2, 0) is 6.54 Å². The Morgan fingerprint density at radius 3 is 2.60 bits per heavy atom. The van der Waals surface area contributed by atoms with Gasteiger partial charge in [-0.2, -0.15) is 0 Å². The van der Waals surface area contributed by atoms with Gasteiger partial charge in [0.05, 0.1) is 24.9 Å². The van der Waals surface area contributed by atoms with Crippen molar-refractivity contribution in [3.63, 3.8) is 0 Å². The van der Waals surface area contributed by atoms with E-state index >= 15 is 0 Å². The number of benzene rings is 3. The molecule has 4 aromatic rings. The third kappa shape index (κ3) is 3.82. The van der Waals surface area contributed by atoms with E-state index in [4.69, 9.17) is 9.15 Å². The Bertz CT molecular complexity index is 1290. The quantitative estimate of drug-likeness (QED) is 0.535. The van der Waals surface area contributed by atoms with Gasteiger partial charge in [-0.3, -0.25) is 9.36 Å². The number of carbonyl (C=O) groups excluding carboxylic acids is 1. The number of nitrogens with one attached hydrogen (secondary N) is 1. The number of nitrogens with zero attached hydrogens (tertiary/aromatic N) is 1. The molecule has 1 amide bonds. The highest BCUT2D eigenvalue weighted by Crippen LogP contribution is 2.26. The molecule has 1 aromatic heterocycles. The summed E-state index contributed by atoms with van der Waals surface area (Å²) in [5, 5.41) is 2.84. The Labute approximate surface area is 171 Å². The smallest absolute Gasteiger partial charge is 0.420 e. The van der Waals surface area contributed by atoms with Gasteiger partial charge in [-0.1, -0.05) is 18.2 Å². The zero-order chi connectivity index (χ0) is 21.3. The SMILES string of the molecule is COc1ccc(C)cc1NC(=O)c1ccc2oc(=O)n(Cc3ccc(F)cc3)c2c1. The van der Waals surface area contributed by atoms with Crippen molar-refractivity contribution >= 4 is 22.7 Å². The molecule has 7 heteroatoms. The van der Waals surface area contributed by atoms with Crippen LogP contribution in [0.3, 0.4) is 0 Å². The van der Waals surface area contributed by atoms with Crippen LogP contribution in [0.4, 0.5) is 10.1 Å². The highest BCUT2D eigenvalue weighted by molar-refractivity contribution is 6.06. The predicted octanol–water partition coefficient (Wildman–Crippen LogP) is 4.35. The number of halogens is 1. The summed E-state index contributed by atoms with van der Waals surface area (Å²) in [7, 11) is 1.53. The van der Waals surface area contributed by atoms with Crippen LogP contribution in [0.5, 0.6) is 5.75 Å². The summed E-state index contributed by atoms with van der Waals surface area (Å²) in [6, 6.07) is 16.1. The number of carbonyl (C=O) groups is 1. The molecule has 1 heterocycles. The number of rotatable bonds is 5. The number of fused-ring (bicyclic) bond motifs is 1. The van der Waals surface area contributed by atoms with Gasteiger partial charge in [0, 0.05) is 5.56 Å². The highest BCUT2D eigenvalue weighted by atomic mass is 19.1. The number of ether oxygens (including phenoxy) is 1. The maximum atomic E-state index is 13.2. The van der Waals surface area contributed by atoms with Crippen LogP contribution >= 0.6 is 0 Å². The van der Waals surface area contributed by atoms with Crippen LogP contribution in [0.25, 0.3) is 11.1 Å². The van der Waals surface area contributed by atoms with Gasteiger partial charge < -0.3 is 14.5 Å². The van der Waals surface area contributed by atoms with Gasteiger partial charge in [-0.15, -0.1) is 0 Å². The zero-order valence-corrected chi connectivity index (χ0v) is 16.4. The Morgan fingerprint density at radius 1 is 1.10 bits per heavy atom. The Kier molecular flexibility index (Phi) is 5.10. The molecule has 6 nitrogen and oxygen atoms in total. The number of aromatic nitrogens is 1. The van der Waals surface area contributed by atoms with E-state index < -0.39 is 5.76 Å². The van der Waals surface area contributed by atoms with Crippen LogP contribution in [0.1, 0.15) is 21.5 Å². The van der Waals surface area contributed by atoms with E-state index in [1.165, 1.54) is 23.8 Å². The standard InChI is InChI=1S/C23H19FN2O4/c1-14-3-9-20(29-2)18(11-14)25-22(27)16-6-10-21-19(12-16)26(23(28)30-21)13-15-4-7-17(24)8-5-15/h3-12H,13H2,1-2H3,(H,25,27). The summed E-state index contributed by atoms with van der Waals surface area (Å²) in [4.78, 5) is 25.1. The maximum absolute atomic E-state index is 13.2. The van der Waals surface area contributed by atoms with E-state index in [2.05, 4.69) is 5.32 Å². The largest absolute Gasteiger partial charge is 0.495 e. The van der Waals surface area contributed by atoms with Crippen molar-refractivity contribution in [2.75, 3.05) is 12.4 Å². The third-order valence-electron chi connectivity index (χ3n) is 4.79. The topological polar surface area (TPSA) is 73.5 Å². The lowest BCUT2D eigenvalue weighted by molar-refractivity contribution is 0.102. The van der Waals surface area contributed by atoms with Gasteiger partial charge in [0.1, 0.15) is 11.6 Å². The molecule has 30 heavy (non-hydrogen) atoms. The molecule has 0 saturated carbocycles. The zero-order valence-electron chi connectivity index (χ0n) is 16.4. The molecule has 0 atom stereocenters. The van der Waals surface area contributed by atoms with Crippen LogP contribution in [0.2, 0.25) is 0 Å². The normalized spacial score (nSPS) is 10.9. The summed E-state index contributed by atoms with van der Waals surface area (Å²) in [6.45, 7) is 2.11. The van der Waals surface area contributed by atoms with Gasteiger partial charge in [0.15, 0.2) is 5.58 Å². The van der Waals surface area contributed by atoms with Crippen LogP contribution in [0, 0.1) is 12.7 Å². The van der Waals surface area contributed by atoms with Crippen molar-refractivity contribution in [3.8, 4) is 5.75 Å². The van der Waals surface area contributed by atoms with Crippen LogP contribution < -0.4 is 15.8 Å². The molecule has 0 fully saturated rings. The molecule has 1 N–H and O–H groups in total. The maximum Gasteiger partial charge on any atom is 0.420 e. The molecule has 0 saturated heterocycles. The first-order valence-corrected chi connectivity index (χ1v) is 9.28. The van der Waals surface area contributed by atoms with E-state index in [1.807, 2.05) is 19.1 Å². The van der Waals surface area contributed by atoms with Crippen LogP contribution in [0.15, 0.2) is 69.9 Å². The minimum Gasteiger partial charge on any atom is -0.495 e. The van der Waals surface area contributed by atoms with E-state index in [-0.39, 0.29) is 18.3 Å². The average molecular weight is 406 g/mol. The van der Waals surface area contributed by atoms with E-state index in [0.717, 1.165) is 11.1 Å². The molecule has 0 spiro atoms. The molecule has 0 unspecified atom stereocenters. The lowest BCUT2D eigenvalue weighted by atomic mass is 10.1. The molecule has 4 rings (SSSR count). The summed E-state index contributed by atoms with van der Waals surface area (Å²) < 4.78 is 25.2. The van der Waals surface area contributed by atoms with Crippen molar-refractivity contribution in [1.29, 1.82) is 0 Å². The second-order valence-corrected chi connectivity index (χ2v) is 6.92. The molecule has 0 radical (unpaired) electrons. The fourth-order valence-electron chi connectivity index (χ4n) is 3.24. The van der Waals surface area contributed by atoms with E-state index in [0.29, 0.717) is 28.1 Å². The number of amides is 1. The molecule has 0 aliphatic carbocycles. The summed E-state index contributed by atoms with van der Waals surface area (Å²) in [6.07, 6.45) is 0. The van der Waals surface area contributed by atoms with Crippen molar-refractivity contribution in [2.24, 2.45) is 0 Å². The summed E-state index contributed by atoms with van der Waals surface area (Å²) >= 11 is 0. The van der Waals surface area contributed by atoms with Gasteiger partial charge in [-0.25, -0.2) is 9.18 Å².